The van der Waals surface area contributed by atoms with Gasteiger partial charge in [0.2, 0.25) is 0 Å². The van der Waals surface area contributed by atoms with Gasteiger partial charge in [0.1, 0.15) is 5.75 Å². The molecular formula is C20H22IN3O3. The van der Waals surface area contributed by atoms with E-state index in [2.05, 4.69) is 33.2 Å². The molecule has 142 valence electrons. The van der Waals surface area contributed by atoms with Crippen molar-refractivity contribution in [2.45, 2.75) is 19.4 Å². The van der Waals surface area contributed by atoms with E-state index in [1.807, 2.05) is 53.4 Å². The number of likely N-dealkylation sites (tertiary alicyclic amines) is 1. The Morgan fingerprint density at radius 2 is 1.81 bits per heavy atom. The van der Waals surface area contributed by atoms with Crippen LogP contribution in [0.25, 0.3) is 0 Å². The van der Waals surface area contributed by atoms with Crippen LogP contribution in [0.15, 0.2) is 48.5 Å². The number of anilines is 1. The minimum absolute atomic E-state index is 0.0357. The SMILES string of the molecule is O=C(COc1ccc(I)cc1)NCc1cccc(NC(=O)N2CCCC2)c1. The molecule has 6 nitrogen and oxygen atoms in total. The second-order valence-electron chi connectivity index (χ2n) is 6.34. The molecule has 0 bridgehead atoms. The Morgan fingerprint density at radius 3 is 2.56 bits per heavy atom. The van der Waals surface area contributed by atoms with Crippen LogP contribution < -0.4 is 15.4 Å². The lowest BCUT2D eigenvalue weighted by Gasteiger charge is -2.16. The van der Waals surface area contributed by atoms with E-state index in [0.717, 1.165) is 40.8 Å². The van der Waals surface area contributed by atoms with Crippen molar-refractivity contribution in [3.63, 3.8) is 0 Å². The third-order valence-corrected chi connectivity index (χ3v) is 4.96. The van der Waals surface area contributed by atoms with Crippen LogP contribution in [0.3, 0.4) is 0 Å². The first-order valence-electron chi connectivity index (χ1n) is 8.90. The molecule has 1 aliphatic rings. The Kier molecular flexibility index (Phi) is 6.92. The number of nitrogens with one attached hydrogen (secondary N) is 2. The molecule has 2 aromatic rings. The number of hydrogen-bond acceptors (Lipinski definition) is 3. The van der Waals surface area contributed by atoms with Crippen LogP contribution in [0.2, 0.25) is 0 Å². The molecule has 7 heteroatoms. The van der Waals surface area contributed by atoms with E-state index in [-0.39, 0.29) is 18.5 Å². The van der Waals surface area contributed by atoms with Crippen molar-refractivity contribution in [1.82, 2.24) is 10.2 Å². The van der Waals surface area contributed by atoms with E-state index >= 15 is 0 Å². The Morgan fingerprint density at radius 1 is 1.07 bits per heavy atom. The first-order chi connectivity index (χ1) is 13.1. The number of benzene rings is 2. The van der Waals surface area contributed by atoms with E-state index in [1.54, 1.807) is 0 Å². The molecule has 2 N–H and O–H groups in total. The largest absolute Gasteiger partial charge is 0.484 e. The molecule has 0 radical (unpaired) electrons. The molecular weight excluding hydrogens is 457 g/mol. The van der Waals surface area contributed by atoms with Crippen molar-refractivity contribution in [2.75, 3.05) is 25.0 Å². The van der Waals surface area contributed by atoms with Gasteiger partial charge in [0.05, 0.1) is 0 Å². The van der Waals surface area contributed by atoms with Crippen molar-refractivity contribution >= 4 is 40.2 Å². The Balaban J connectivity index is 1.45. The lowest BCUT2D eigenvalue weighted by Crippen LogP contribution is -2.32. The molecule has 0 aliphatic carbocycles. The number of ether oxygens (including phenoxy) is 1. The number of amides is 3. The van der Waals surface area contributed by atoms with Gasteiger partial charge in [0.15, 0.2) is 6.61 Å². The zero-order valence-electron chi connectivity index (χ0n) is 14.9. The van der Waals surface area contributed by atoms with Crippen molar-refractivity contribution in [1.29, 1.82) is 0 Å². The monoisotopic (exact) mass is 479 g/mol. The van der Waals surface area contributed by atoms with E-state index in [1.165, 1.54) is 0 Å². The molecule has 1 saturated heterocycles. The summed E-state index contributed by atoms with van der Waals surface area (Å²) in [5, 5.41) is 5.74. The van der Waals surface area contributed by atoms with E-state index in [4.69, 9.17) is 4.74 Å². The first-order valence-corrected chi connectivity index (χ1v) is 9.98. The number of hydrogen-bond donors (Lipinski definition) is 2. The first kappa shape index (κ1) is 19.5. The summed E-state index contributed by atoms with van der Waals surface area (Å²) in [6, 6.07) is 14.9. The molecule has 0 spiro atoms. The average molecular weight is 479 g/mol. The molecule has 3 rings (SSSR count). The molecule has 3 amide bonds. The smallest absolute Gasteiger partial charge is 0.321 e. The van der Waals surface area contributed by atoms with E-state index in [9.17, 15) is 9.59 Å². The van der Waals surface area contributed by atoms with Crippen LogP contribution in [-0.4, -0.2) is 36.5 Å². The zero-order chi connectivity index (χ0) is 19.1. The highest BCUT2D eigenvalue weighted by atomic mass is 127. The minimum atomic E-state index is -0.194. The fourth-order valence-corrected chi connectivity index (χ4v) is 3.17. The summed E-state index contributed by atoms with van der Waals surface area (Å²) < 4.78 is 6.58. The second-order valence-corrected chi connectivity index (χ2v) is 7.59. The van der Waals surface area contributed by atoms with Gasteiger partial charge in [-0.3, -0.25) is 4.79 Å². The van der Waals surface area contributed by atoms with Crippen LogP contribution >= 0.6 is 22.6 Å². The van der Waals surface area contributed by atoms with Crippen molar-refractivity contribution in [2.24, 2.45) is 0 Å². The predicted octanol–water partition coefficient (Wildman–Crippen LogP) is 3.61. The topological polar surface area (TPSA) is 70.7 Å². The minimum Gasteiger partial charge on any atom is -0.484 e. The molecule has 1 aliphatic heterocycles. The maximum absolute atomic E-state index is 12.2. The van der Waals surface area contributed by atoms with Crippen LogP contribution in [0, 0.1) is 3.57 Å². The number of rotatable bonds is 6. The highest BCUT2D eigenvalue weighted by molar-refractivity contribution is 14.1. The summed E-state index contributed by atoms with van der Waals surface area (Å²) in [6.07, 6.45) is 2.12. The Labute approximate surface area is 172 Å². The summed E-state index contributed by atoms with van der Waals surface area (Å²) in [5.41, 5.74) is 1.64. The van der Waals surface area contributed by atoms with Gasteiger partial charge < -0.3 is 20.3 Å². The normalized spacial score (nSPS) is 13.3. The quantitative estimate of drug-likeness (QED) is 0.623. The van der Waals surface area contributed by atoms with Crippen LogP contribution in [0.4, 0.5) is 10.5 Å². The number of urea groups is 1. The number of carbonyl (C=O) groups is 2. The van der Waals surface area contributed by atoms with Gasteiger partial charge in [-0.2, -0.15) is 0 Å². The van der Waals surface area contributed by atoms with Gasteiger partial charge in [-0.1, -0.05) is 12.1 Å². The average Bonchev–Trinajstić information content (AvgIpc) is 3.21. The molecule has 1 fully saturated rings. The third-order valence-electron chi connectivity index (χ3n) is 4.24. The third kappa shape index (κ3) is 6.13. The molecule has 27 heavy (non-hydrogen) atoms. The van der Waals surface area contributed by atoms with Crippen LogP contribution in [0.1, 0.15) is 18.4 Å². The van der Waals surface area contributed by atoms with Crippen LogP contribution in [0.5, 0.6) is 5.75 Å². The highest BCUT2D eigenvalue weighted by Gasteiger charge is 2.17. The maximum atomic E-state index is 12.2. The van der Waals surface area contributed by atoms with Gasteiger partial charge in [-0.15, -0.1) is 0 Å². The zero-order valence-corrected chi connectivity index (χ0v) is 17.1. The molecule has 0 aromatic heterocycles. The van der Waals surface area contributed by atoms with Gasteiger partial charge in [-0.05, 0) is 77.4 Å². The predicted molar refractivity (Wildman–Crippen MR) is 113 cm³/mol. The standard InChI is InChI=1S/C20H22IN3O3/c21-16-6-8-18(9-7-16)27-14-19(25)22-13-15-4-3-5-17(12-15)23-20(26)24-10-1-2-11-24/h3-9,12H,1-2,10-11,13-14H2,(H,22,25)(H,23,26). The molecule has 0 atom stereocenters. The highest BCUT2D eigenvalue weighted by Crippen LogP contribution is 2.15. The van der Waals surface area contributed by atoms with Crippen molar-refractivity contribution in [3.8, 4) is 5.75 Å². The van der Waals surface area contributed by atoms with Crippen molar-refractivity contribution in [3.05, 3.63) is 57.7 Å². The maximum Gasteiger partial charge on any atom is 0.321 e. The van der Waals surface area contributed by atoms with Crippen LogP contribution in [-0.2, 0) is 11.3 Å². The Bertz CT molecular complexity index is 789. The summed E-state index contributed by atoms with van der Waals surface area (Å²) >= 11 is 2.21. The van der Waals surface area contributed by atoms with E-state index < -0.39 is 0 Å². The van der Waals surface area contributed by atoms with Gasteiger partial charge in [0.25, 0.3) is 5.91 Å². The molecule has 0 unspecified atom stereocenters. The summed E-state index contributed by atoms with van der Waals surface area (Å²) in [6.45, 7) is 1.96. The fraction of sp³-hybridized carbons (Fsp3) is 0.300. The fourth-order valence-electron chi connectivity index (χ4n) is 2.81. The van der Waals surface area contributed by atoms with Gasteiger partial charge >= 0.3 is 6.03 Å². The Hall–Kier alpha value is -2.29. The number of nitrogens with zero attached hydrogens (tertiary/aromatic N) is 1. The molecule has 1 heterocycles. The summed E-state index contributed by atoms with van der Waals surface area (Å²) in [7, 11) is 0. The molecule has 2 aromatic carbocycles. The summed E-state index contributed by atoms with van der Waals surface area (Å²) in [4.78, 5) is 26.0. The lowest BCUT2D eigenvalue weighted by molar-refractivity contribution is -0.123. The van der Waals surface area contributed by atoms with Gasteiger partial charge in [-0.25, -0.2) is 4.79 Å². The summed E-state index contributed by atoms with van der Waals surface area (Å²) in [5.74, 6) is 0.470. The van der Waals surface area contributed by atoms with Crippen molar-refractivity contribution < 1.29 is 14.3 Å². The van der Waals surface area contributed by atoms with E-state index in [0.29, 0.717) is 12.3 Å². The lowest BCUT2D eigenvalue weighted by atomic mass is 10.2. The molecule has 0 saturated carbocycles. The number of halogens is 1. The number of carbonyl (C=O) groups excluding carboxylic acids is 2. The second kappa shape index (κ2) is 9.59. The van der Waals surface area contributed by atoms with Gasteiger partial charge in [0, 0.05) is 28.9 Å².